The molecule has 1 fully saturated rings. The Morgan fingerprint density at radius 3 is 1.21 bits per heavy atom. The van der Waals surface area contributed by atoms with Crippen LogP contribution in [-0.2, 0) is 19.1 Å². The summed E-state index contributed by atoms with van der Waals surface area (Å²) in [6, 6.07) is 0. The molecule has 0 bridgehead atoms. The van der Waals surface area contributed by atoms with Gasteiger partial charge in [-0.05, 0) is 75.0 Å². The predicted octanol–water partition coefficient (Wildman–Crippen LogP) is 8.36. The predicted molar refractivity (Wildman–Crippen MR) is 142 cm³/mol. The lowest BCUT2D eigenvalue weighted by atomic mass is 9.82. The molecule has 200 valence electrons. The van der Waals surface area contributed by atoms with Gasteiger partial charge in [0, 0.05) is 0 Å². The Morgan fingerprint density at radius 1 is 0.559 bits per heavy atom. The first-order valence-corrected chi connectivity index (χ1v) is 14.5. The molecule has 2 atom stereocenters. The second-order valence-corrected chi connectivity index (χ2v) is 12.0. The minimum absolute atomic E-state index is 0.0424. The van der Waals surface area contributed by atoms with E-state index in [0.717, 1.165) is 63.2 Å². The van der Waals surface area contributed by atoms with Crippen molar-refractivity contribution in [2.75, 3.05) is 13.2 Å². The molecule has 2 unspecified atom stereocenters. The highest BCUT2D eigenvalue weighted by Crippen LogP contribution is 2.30. The van der Waals surface area contributed by atoms with E-state index in [2.05, 4.69) is 41.5 Å². The van der Waals surface area contributed by atoms with E-state index in [1.165, 1.54) is 38.5 Å². The van der Waals surface area contributed by atoms with Crippen molar-refractivity contribution in [3.8, 4) is 0 Å². The van der Waals surface area contributed by atoms with E-state index < -0.39 is 0 Å². The maximum atomic E-state index is 12.4. The smallest absolute Gasteiger partial charge is 0.308 e. The molecule has 0 radical (unpaired) electrons. The van der Waals surface area contributed by atoms with Gasteiger partial charge in [-0.15, -0.1) is 0 Å². The molecule has 0 aromatic rings. The van der Waals surface area contributed by atoms with Crippen molar-refractivity contribution in [3.05, 3.63) is 0 Å². The maximum absolute atomic E-state index is 12.4. The first-order valence-electron chi connectivity index (χ1n) is 14.5. The molecule has 4 heteroatoms. The highest BCUT2D eigenvalue weighted by Gasteiger charge is 2.31. The summed E-state index contributed by atoms with van der Waals surface area (Å²) in [4.78, 5) is 24.8. The fourth-order valence-electron chi connectivity index (χ4n) is 5.05. The second-order valence-electron chi connectivity index (χ2n) is 12.0. The fraction of sp³-hybridized carbons (Fsp3) is 0.933. The monoisotopic (exact) mass is 480 g/mol. The Hall–Kier alpha value is -1.06. The molecule has 0 heterocycles. The van der Waals surface area contributed by atoms with Gasteiger partial charge in [-0.25, -0.2) is 0 Å². The van der Waals surface area contributed by atoms with Crippen molar-refractivity contribution in [2.45, 2.75) is 131 Å². The zero-order chi connectivity index (χ0) is 25.3. The minimum Gasteiger partial charge on any atom is -0.465 e. The Morgan fingerprint density at radius 2 is 0.882 bits per heavy atom. The lowest BCUT2D eigenvalue weighted by molar-refractivity contribution is -0.155. The molecule has 1 aliphatic rings. The lowest BCUT2D eigenvalue weighted by Crippen LogP contribution is -2.28. The molecule has 1 rings (SSSR count). The summed E-state index contributed by atoms with van der Waals surface area (Å²) < 4.78 is 11.1. The van der Waals surface area contributed by atoms with Crippen LogP contribution >= 0.6 is 0 Å². The molecule has 0 spiro atoms. The van der Waals surface area contributed by atoms with Gasteiger partial charge in [0.2, 0.25) is 0 Å². The van der Waals surface area contributed by atoms with Crippen LogP contribution in [0.1, 0.15) is 131 Å². The van der Waals surface area contributed by atoms with E-state index in [1.54, 1.807) is 0 Å². The van der Waals surface area contributed by atoms with Crippen molar-refractivity contribution in [1.29, 1.82) is 0 Å². The summed E-state index contributed by atoms with van der Waals surface area (Å²) in [6.45, 7) is 14.8. The average Bonchev–Trinajstić information content (AvgIpc) is 2.79. The van der Waals surface area contributed by atoms with Gasteiger partial charge in [-0.3, -0.25) is 9.59 Å². The molecule has 0 amide bonds. The quantitative estimate of drug-likeness (QED) is 0.146. The molecular weight excluding hydrogens is 424 g/mol. The number of rotatable bonds is 18. The zero-order valence-corrected chi connectivity index (χ0v) is 23.4. The van der Waals surface area contributed by atoms with Gasteiger partial charge < -0.3 is 9.47 Å². The number of hydrogen-bond acceptors (Lipinski definition) is 4. The third-order valence-corrected chi connectivity index (χ3v) is 7.52. The molecule has 1 aliphatic carbocycles. The molecule has 0 aliphatic heterocycles. The van der Waals surface area contributed by atoms with Crippen LogP contribution in [0, 0.1) is 35.5 Å². The van der Waals surface area contributed by atoms with Crippen molar-refractivity contribution < 1.29 is 19.1 Å². The number of carbonyl (C=O) groups is 2. The Balaban J connectivity index is 2.08. The highest BCUT2D eigenvalue weighted by molar-refractivity contribution is 5.75. The Labute approximate surface area is 211 Å². The van der Waals surface area contributed by atoms with E-state index in [-0.39, 0.29) is 23.8 Å². The van der Waals surface area contributed by atoms with Crippen LogP contribution in [0.4, 0.5) is 0 Å². The van der Waals surface area contributed by atoms with Gasteiger partial charge in [0.1, 0.15) is 0 Å². The van der Waals surface area contributed by atoms with Crippen molar-refractivity contribution >= 4 is 11.9 Å². The maximum Gasteiger partial charge on any atom is 0.308 e. The third-order valence-electron chi connectivity index (χ3n) is 7.52. The topological polar surface area (TPSA) is 52.6 Å². The molecule has 34 heavy (non-hydrogen) atoms. The summed E-state index contributed by atoms with van der Waals surface area (Å²) >= 11 is 0. The van der Waals surface area contributed by atoms with Crippen LogP contribution in [0.5, 0.6) is 0 Å². The van der Waals surface area contributed by atoms with Gasteiger partial charge in [0.05, 0.1) is 25.0 Å². The number of hydrogen-bond donors (Lipinski definition) is 0. The third kappa shape index (κ3) is 15.0. The van der Waals surface area contributed by atoms with Gasteiger partial charge in [-0.2, -0.15) is 0 Å². The van der Waals surface area contributed by atoms with Gasteiger partial charge >= 0.3 is 11.9 Å². The van der Waals surface area contributed by atoms with Crippen LogP contribution in [0.25, 0.3) is 0 Å². The number of carbonyl (C=O) groups excluding carboxylic acids is 2. The highest BCUT2D eigenvalue weighted by atomic mass is 16.5. The molecule has 0 aromatic carbocycles. The SMILES string of the molecule is CC(C)CCCC(C)CCCOC(=O)C1CCC(C(=O)OCCCC(C)CCCC(C)C)CC1. The first kappa shape index (κ1) is 31.0. The number of esters is 2. The first-order chi connectivity index (χ1) is 16.2. The number of ether oxygens (including phenoxy) is 2. The van der Waals surface area contributed by atoms with Crippen molar-refractivity contribution in [3.63, 3.8) is 0 Å². The summed E-state index contributed by atoms with van der Waals surface area (Å²) in [7, 11) is 0. The largest absolute Gasteiger partial charge is 0.465 e. The molecule has 0 saturated heterocycles. The summed E-state index contributed by atoms with van der Waals surface area (Å²) in [5, 5.41) is 0. The fourth-order valence-corrected chi connectivity index (χ4v) is 5.05. The molecular formula is C30H56O4. The van der Waals surface area contributed by atoms with E-state index in [4.69, 9.17) is 9.47 Å². The molecule has 0 N–H and O–H groups in total. The van der Waals surface area contributed by atoms with Crippen molar-refractivity contribution in [2.24, 2.45) is 35.5 Å². The van der Waals surface area contributed by atoms with Crippen LogP contribution < -0.4 is 0 Å². The van der Waals surface area contributed by atoms with Crippen LogP contribution in [-0.4, -0.2) is 25.2 Å². The molecule has 1 saturated carbocycles. The van der Waals surface area contributed by atoms with E-state index >= 15 is 0 Å². The van der Waals surface area contributed by atoms with Crippen molar-refractivity contribution in [1.82, 2.24) is 0 Å². The van der Waals surface area contributed by atoms with E-state index in [1.807, 2.05) is 0 Å². The summed E-state index contributed by atoms with van der Waals surface area (Å²) in [5.41, 5.74) is 0. The summed E-state index contributed by atoms with van der Waals surface area (Å²) in [5.74, 6) is 2.75. The van der Waals surface area contributed by atoms with Gasteiger partial charge in [0.25, 0.3) is 0 Å². The van der Waals surface area contributed by atoms with E-state index in [9.17, 15) is 9.59 Å². The molecule has 4 nitrogen and oxygen atoms in total. The summed E-state index contributed by atoms with van der Waals surface area (Å²) in [6.07, 6.45) is 14.9. The lowest BCUT2D eigenvalue weighted by Gasteiger charge is -2.26. The zero-order valence-electron chi connectivity index (χ0n) is 23.4. The van der Waals surface area contributed by atoms with Crippen LogP contribution in [0.3, 0.4) is 0 Å². The second kappa shape index (κ2) is 18.2. The van der Waals surface area contributed by atoms with E-state index in [0.29, 0.717) is 25.0 Å². The average molecular weight is 481 g/mol. The van der Waals surface area contributed by atoms with Gasteiger partial charge in [-0.1, -0.05) is 80.1 Å². The minimum atomic E-state index is -0.0641. The standard InChI is InChI=1S/C30H56O4/c1-23(2)11-7-13-25(5)15-9-21-33-29(31)27-17-19-28(20-18-27)30(32)34-22-10-16-26(6)14-8-12-24(3)4/h23-28H,7-22H2,1-6H3. The Bertz CT molecular complexity index is 486. The van der Waals surface area contributed by atoms with Gasteiger partial charge in [0.15, 0.2) is 0 Å². The molecule has 0 aromatic heterocycles. The van der Waals surface area contributed by atoms with Crippen LogP contribution in [0.15, 0.2) is 0 Å². The normalized spacial score (nSPS) is 20.4. The van der Waals surface area contributed by atoms with Crippen LogP contribution in [0.2, 0.25) is 0 Å². The Kier molecular flexibility index (Phi) is 16.6.